The molecule has 6 nitrogen and oxygen atoms in total. The molecule has 152 valence electrons. The van der Waals surface area contributed by atoms with Crippen LogP contribution in [0, 0.1) is 0 Å². The number of para-hydroxylation sites is 1. The highest BCUT2D eigenvalue weighted by atomic mass is 35.5. The highest BCUT2D eigenvalue weighted by Crippen LogP contribution is 2.18. The summed E-state index contributed by atoms with van der Waals surface area (Å²) in [5, 5.41) is 3.15. The molecule has 0 aliphatic heterocycles. The van der Waals surface area contributed by atoms with Gasteiger partial charge in [0.1, 0.15) is 0 Å². The van der Waals surface area contributed by atoms with Crippen molar-refractivity contribution in [2.45, 2.75) is 0 Å². The molecule has 0 heterocycles. The third-order valence-corrected chi connectivity index (χ3v) is 4.54. The number of anilines is 2. The first-order valence-electron chi connectivity index (χ1n) is 9.10. The van der Waals surface area contributed by atoms with Crippen LogP contribution in [-0.2, 0) is 9.53 Å². The van der Waals surface area contributed by atoms with E-state index in [-0.39, 0.29) is 17.0 Å². The topological polar surface area (TPSA) is 75.7 Å². The smallest absolute Gasteiger partial charge is 0.339 e. The molecule has 0 unspecified atom stereocenters. The number of amides is 2. The first-order chi connectivity index (χ1) is 14.5. The van der Waals surface area contributed by atoms with Crippen LogP contribution in [0.15, 0.2) is 78.9 Å². The Morgan fingerprint density at radius 1 is 0.867 bits per heavy atom. The summed E-state index contributed by atoms with van der Waals surface area (Å²) in [5.74, 6) is -1.62. The summed E-state index contributed by atoms with van der Waals surface area (Å²) in [4.78, 5) is 38.9. The lowest BCUT2D eigenvalue weighted by Gasteiger charge is -2.18. The van der Waals surface area contributed by atoms with Crippen molar-refractivity contribution < 1.29 is 19.1 Å². The second-order valence-corrected chi connectivity index (χ2v) is 6.81. The number of benzene rings is 3. The fraction of sp³-hybridized carbons (Fsp3) is 0.0870. The van der Waals surface area contributed by atoms with Crippen molar-refractivity contribution in [1.29, 1.82) is 0 Å². The van der Waals surface area contributed by atoms with Crippen LogP contribution in [-0.4, -0.2) is 31.4 Å². The van der Waals surface area contributed by atoms with Crippen molar-refractivity contribution in [1.82, 2.24) is 0 Å². The zero-order chi connectivity index (χ0) is 21.5. The Hall–Kier alpha value is -3.64. The summed E-state index contributed by atoms with van der Waals surface area (Å²) >= 11 is 5.81. The van der Waals surface area contributed by atoms with Gasteiger partial charge in [0, 0.05) is 23.4 Å². The summed E-state index contributed by atoms with van der Waals surface area (Å²) in [6.07, 6.45) is 0. The van der Waals surface area contributed by atoms with Crippen molar-refractivity contribution in [2.24, 2.45) is 0 Å². The van der Waals surface area contributed by atoms with Gasteiger partial charge in [-0.25, -0.2) is 4.79 Å². The molecular formula is C23H19ClN2O4. The fourth-order valence-electron chi connectivity index (χ4n) is 2.74. The van der Waals surface area contributed by atoms with Gasteiger partial charge in [-0.3, -0.25) is 9.59 Å². The van der Waals surface area contributed by atoms with Gasteiger partial charge in [-0.2, -0.15) is 0 Å². The maximum atomic E-state index is 12.9. The molecule has 0 bridgehead atoms. The molecule has 7 heteroatoms. The average Bonchev–Trinajstić information content (AvgIpc) is 2.78. The van der Waals surface area contributed by atoms with Gasteiger partial charge in [-0.05, 0) is 48.5 Å². The minimum atomic E-state index is -0.758. The molecule has 0 fully saturated rings. The number of ether oxygens (including phenoxy) is 1. The standard InChI is InChI=1S/C23H19ClN2O4/c1-26(18-7-3-2-4-8-18)22(28)19-9-5-6-10-20(19)23(29)30-15-21(27)25-17-13-11-16(24)12-14-17/h2-14H,15H2,1H3,(H,25,27). The number of esters is 1. The number of carbonyl (C=O) groups excluding carboxylic acids is 3. The maximum absolute atomic E-state index is 12.9. The fourth-order valence-corrected chi connectivity index (χ4v) is 2.86. The monoisotopic (exact) mass is 422 g/mol. The molecule has 1 N–H and O–H groups in total. The zero-order valence-electron chi connectivity index (χ0n) is 16.2. The van der Waals surface area contributed by atoms with E-state index < -0.39 is 18.5 Å². The van der Waals surface area contributed by atoms with E-state index in [1.807, 2.05) is 18.2 Å². The van der Waals surface area contributed by atoms with Crippen molar-refractivity contribution in [3.05, 3.63) is 95.0 Å². The van der Waals surface area contributed by atoms with Gasteiger partial charge in [-0.15, -0.1) is 0 Å². The van der Waals surface area contributed by atoms with Crippen LogP contribution in [0.5, 0.6) is 0 Å². The maximum Gasteiger partial charge on any atom is 0.339 e. The van der Waals surface area contributed by atoms with Crippen LogP contribution in [0.1, 0.15) is 20.7 Å². The Kier molecular flexibility index (Phi) is 6.83. The first kappa shape index (κ1) is 21.1. The van der Waals surface area contributed by atoms with Crippen molar-refractivity contribution in [2.75, 3.05) is 23.9 Å². The summed E-state index contributed by atoms with van der Waals surface area (Å²) in [6, 6.07) is 21.9. The van der Waals surface area contributed by atoms with Gasteiger partial charge < -0.3 is 15.0 Å². The molecule has 0 saturated heterocycles. The van der Waals surface area contributed by atoms with E-state index in [0.29, 0.717) is 16.4 Å². The first-order valence-corrected chi connectivity index (χ1v) is 9.48. The van der Waals surface area contributed by atoms with E-state index in [9.17, 15) is 14.4 Å². The van der Waals surface area contributed by atoms with Crippen molar-refractivity contribution in [3.63, 3.8) is 0 Å². The summed E-state index contributed by atoms with van der Waals surface area (Å²) in [5.41, 5.74) is 1.49. The molecule has 0 saturated carbocycles. The predicted molar refractivity (Wildman–Crippen MR) is 116 cm³/mol. The highest BCUT2D eigenvalue weighted by Gasteiger charge is 2.22. The summed E-state index contributed by atoms with van der Waals surface area (Å²) in [7, 11) is 1.62. The van der Waals surface area contributed by atoms with E-state index in [0.717, 1.165) is 0 Å². The lowest BCUT2D eigenvalue weighted by atomic mass is 10.1. The van der Waals surface area contributed by atoms with Gasteiger partial charge >= 0.3 is 5.97 Å². The number of nitrogens with zero attached hydrogens (tertiary/aromatic N) is 1. The summed E-state index contributed by atoms with van der Waals surface area (Å²) < 4.78 is 5.11. The van der Waals surface area contributed by atoms with Gasteiger partial charge in [-0.1, -0.05) is 41.9 Å². The lowest BCUT2D eigenvalue weighted by Crippen LogP contribution is -2.28. The van der Waals surface area contributed by atoms with Gasteiger partial charge in [0.05, 0.1) is 11.1 Å². The molecule has 30 heavy (non-hydrogen) atoms. The van der Waals surface area contributed by atoms with E-state index in [2.05, 4.69) is 5.32 Å². The lowest BCUT2D eigenvalue weighted by molar-refractivity contribution is -0.119. The van der Waals surface area contributed by atoms with Crippen LogP contribution in [0.25, 0.3) is 0 Å². The number of hydrogen-bond donors (Lipinski definition) is 1. The Morgan fingerprint density at radius 2 is 1.47 bits per heavy atom. The molecule has 0 spiro atoms. The van der Waals surface area contributed by atoms with Gasteiger partial charge in [0.25, 0.3) is 11.8 Å². The molecule has 2 amide bonds. The normalized spacial score (nSPS) is 10.2. The molecule has 3 rings (SSSR count). The van der Waals surface area contributed by atoms with Crippen molar-refractivity contribution in [3.8, 4) is 0 Å². The highest BCUT2D eigenvalue weighted by molar-refractivity contribution is 6.30. The predicted octanol–water partition coefficient (Wildman–Crippen LogP) is 4.41. The van der Waals surface area contributed by atoms with Gasteiger partial charge in [0.2, 0.25) is 0 Å². The molecule has 3 aromatic rings. The molecule has 0 aliphatic rings. The molecule has 3 aromatic carbocycles. The van der Waals surface area contributed by atoms with E-state index in [4.69, 9.17) is 16.3 Å². The third kappa shape index (κ3) is 5.24. The number of nitrogens with one attached hydrogen (secondary N) is 1. The van der Waals surface area contributed by atoms with E-state index >= 15 is 0 Å². The molecule has 0 aliphatic carbocycles. The number of halogens is 1. The summed E-state index contributed by atoms with van der Waals surface area (Å²) in [6.45, 7) is -0.488. The Morgan fingerprint density at radius 3 is 2.13 bits per heavy atom. The minimum Gasteiger partial charge on any atom is -0.452 e. The quantitative estimate of drug-likeness (QED) is 0.597. The van der Waals surface area contributed by atoms with Crippen LogP contribution < -0.4 is 10.2 Å². The number of rotatable bonds is 6. The minimum absolute atomic E-state index is 0.0876. The van der Waals surface area contributed by atoms with Crippen LogP contribution >= 0.6 is 11.6 Å². The molecule has 0 atom stereocenters. The van der Waals surface area contributed by atoms with Gasteiger partial charge in [0.15, 0.2) is 6.61 Å². The second-order valence-electron chi connectivity index (χ2n) is 6.38. The Labute approximate surface area is 179 Å². The van der Waals surface area contributed by atoms with E-state index in [1.165, 1.54) is 11.0 Å². The van der Waals surface area contributed by atoms with Crippen molar-refractivity contribution >= 4 is 40.8 Å². The average molecular weight is 423 g/mol. The number of hydrogen-bond acceptors (Lipinski definition) is 4. The van der Waals surface area contributed by atoms with Crippen LogP contribution in [0.4, 0.5) is 11.4 Å². The van der Waals surface area contributed by atoms with E-state index in [1.54, 1.807) is 61.6 Å². The largest absolute Gasteiger partial charge is 0.452 e. The second kappa shape index (κ2) is 9.71. The Balaban J connectivity index is 1.67. The zero-order valence-corrected chi connectivity index (χ0v) is 16.9. The van der Waals surface area contributed by atoms with Crippen LogP contribution in [0.3, 0.4) is 0 Å². The Bertz CT molecular complexity index is 1050. The number of carbonyl (C=O) groups is 3. The molecular weight excluding hydrogens is 404 g/mol. The van der Waals surface area contributed by atoms with Crippen LogP contribution in [0.2, 0.25) is 5.02 Å². The SMILES string of the molecule is CN(C(=O)c1ccccc1C(=O)OCC(=O)Nc1ccc(Cl)cc1)c1ccccc1. The third-order valence-electron chi connectivity index (χ3n) is 4.29. The molecule has 0 radical (unpaired) electrons. The molecule has 0 aromatic heterocycles.